The maximum absolute atomic E-state index is 10.7. The Balaban J connectivity index is 1.74. The van der Waals surface area contributed by atoms with E-state index in [9.17, 15) is 5.11 Å². The molecule has 4 rings (SSSR count). The lowest BCUT2D eigenvalue weighted by atomic mass is 9.90. The Morgan fingerprint density at radius 1 is 1.14 bits per heavy atom. The maximum atomic E-state index is 10.7. The molecule has 4 atom stereocenters. The van der Waals surface area contributed by atoms with Crippen LogP contribution in [-0.2, 0) is 6.42 Å². The first-order valence-electron chi connectivity index (χ1n) is 8.32. The van der Waals surface area contributed by atoms with Gasteiger partial charge in [-0.15, -0.1) is 0 Å². The molecule has 1 fully saturated rings. The molecule has 1 saturated heterocycles. The fourth-order valence-electron chi connectivity index (χ4n) is 4.36. The van der Waals surface area contributed by atoms with Gasteiger partial charge in [-0.3, -0.25) is 4.90 Å². The summed E-state index contributed by atoms with van der Waals surface area (Å²) < 4.78 is 5.71. The second kappa shape index (κ2) is 5.56. The fraction of sp³-hybridized carbons (Fsp3) is 0.474. The summed E-state index contributed by atoms with van der Waals surface area (Å²) in [6.07, 6.45) is 5.69. The van der Waals surface area contributed by atoms with Crippen molar-refractivity contribution < 1.29 is 9.52 Å². The number of fused-ring (bicyclic) bond motifs is 1. The number of likely N-dealkylation sites (tertiary alicyclic amines) is 1. The van der Waals surface area contributed by atoms with E-state index in [2.05, 4.69) is 42.2 Å². The first kappa shape index (κ1) is 14.0. The summed E-state index contributed by atoms with van der Waals surface area (Å²) in [5, 5.41) is 10.7. The topological polar surface area (TPSA) is 36.6 Å². The van der Waals surface area contributed by atoms with Gasteiger partial charge in [0, 0.05) is 12.5 Å². The fourth-order valence-corrected chi connectivity index (χ4v) is 4.36. The third kappa shape index (κ3) is 2.20. The summed E-state index contributed by atoms with van der Waals surface area (Å²) in [6, 6.07) is 13.3. The molecule has 1 aliphatic carbocycles. The zero-order valence-corrected chi connectivity index (χ0v) is 13.0. The minimum atomic E-state index is -0.324. The zero-order chi connectivity index (χ0) is 15.1. The van der Waals surface area contributed by atoms with Crippen molar-refractivity contribution in [2.45, 2.75) is 56.8 Å². The van der Waals surface area contributed by atoms with Crippen molar-refractivity contribution in [2.24, 2.45) is 0 Å². The molecule has 0 amide bonds. The van der Waals surface area contributed by atoms with Crippen LogP contribution in [0.3, 0.4) is 0 Å². The monoisotopic (exact) mass is 297 g/mol. The minimum absolute atomic E-state index is 0.0848. The average Bonchev–Trinajstić information content (AvgIpc) is 3.14. The molecule has 0 bridgehead atoms. The van der Waals surface area contributed by atoms with Crippen LogP contribution in [0.4, 0.5) is 0 Å². The van der Waals surface area contributed by atoms with Gasteiger partial charge >= 0.3 is 0 Å². The number of nitrogens with zero attached hydrogens (tertiary/aromatic N) is 1. The summed E-state index contributed by atoms with van der Waals surface area (Å²) in [6.45, 7) is 2.28. The van der Waals surface area contributed by atoms with E-state index in [0.29, 0.717) is 6.04 Å². The average molecular weight is 297 g/mol. The normalized spacial score (nSPS) is 32.1. The molecule has 2 heterocycles. The number of hydrogen-bond acceptors (Lipinski definition) is 3. The van der Waals surface area contributed by atoms with Crippen molar-refractivity contribution in [2.75, 3.05) is 0 Å². The summed E-state index contributed by atoms with van der Waals surface area (Å²) in [5.41, 5.74) is 2.58. The molecule has 116 valence electrons. The van der Waals surface area contributed by atoms with E-state index in [1.54, 1.807) is 6.26 Å². The van der Waals surface area contributed by atoms with E-state index in [0.717, 1.165) is 18.6 Å². The molecule has 3 heteroatoms. The van der Waals surface area contributed by atoms with Crippen LogP contribution in [0.1, 0.15) is 55.2 Å². The van der Waals surface area contributed by atoms with E-state index in [1.165, 1.54) is 24.0 Å². The van der Waals surface area contributed by atoms with Crippen molar-refractivity contribution >= 4 is 0 Å². The van der Waals surface area contributed by atoms with Gasteiger partial charge in [0.15, 0.2) is 0 Å². The Morgan fingerprint density at radius 2 is 2.00 bits per heavy atom. The second-order valence-electron chi connectivity index (χ2n) is 6.67. The predicted octanol–water partition coefficient (Wildman–Crippen LogP) is 3.85. The molecular weight excluding hydrogens is 274 g/mol. The highest BCUT2D eigenvalue weighted by atomic mass is 16.3. The number of piperidine rings is 1. The van der Waals surface area contributed by atoms with Crippen LogP contribution in [0.5, 0.6) is 0 Å². The molecule has 1 aliphatic heterocycles. The Bertz CT molecular complexity index is 637. The van der Waals surface area contributed by atoms with Gasteiger partial charge in [0.2, 0.25) is 0 Å². The van der Waals surface area contributed by atoms with Gasteiger partial charge in [0.25, 0.3) is 0 Å². The lowest BCUT2D eigenvalue weighted by molar-refractivity contribution is -0.0211. The molecule has 0 unspecified atom stereocenters. The Morgan fingerprint density at radius 3 is 2.82 bits per heavy atom. The van der Waals surface area contributed by atoms with Gasteiger partial charge < -0.3 is 9.52 Å². The van der Waals surface area contributed by atoms with E-state index >= 15 is 0 Å². The number of hydrogen-bond donors (Lipinski definition) is 1. The van der Waals surface area contributed by atoms with E-state index < -0.39 is 0 Å². The van der Waals surface area contributed by atoms with Crippen molar-refractivity contribution in [3.05, 3.63) is 59.5 Å². The Hall–Kier alpha value is -1.58. The summed E-state index contributed by atoms with van der Waals surface area (Å²) in [5.74, 6) is 1.03. The predicted molar refractivity (Wildman–Crippen MR) is 85.5 cm³/mol. The number of furan rings is 1. The molecule has 1 N–H and O–H groups in total. The van der Waals surface area contributed by atoms with Gasteiger partial charge in [-0.2, -0.15) is 0 Å². The molecule has 0 saturated carbocycles. The van der Waals surface area contributed by atoms with Crippen LogP contribution >= 0.6 is 0 Å². The smallest absolute Gasteiger partial charge is 0.120 e. The SMILES string of the molecule is C[C@@H]1CCC[C@H](c2ccco2)N1[C@@H]1c2ccccc2C[C@@H]1O. The summed E-state index contributed by atoms with van der Waals surface area (Å²) in [7, 11) is 0. The van der Waals surface area contributed by atoms with E-state index in [1.807, 2.05) is 6.07 Å². The number of aliphatic hydroxyl groups excluding tert-OH is 1. The van der Waals surface area contributed by atoms with Crippen LogP contribution in [0.15, 0.2) is 47.1 Å². The molecule has 2 aliphatic rings. The van der Waals surface area contributed by atoms with Crippen molar-refractivity contribution in [3.8, 4) is 0 Å². The molecule has 3 nitrogen and oxygen atoms in total. The Labute approximate surface area is 131 Å². The first-order chi connectivity index (χ1) is 10.8. The molecule has 0 spiro atoms. The summed E-state index contributed by atoms with van der Waals surface area (Å²) >= 11 is 0. The van der Waals surface area contributed by atoms with Crippen molar-refractivity contribution in [3.63, 3.8) is 0 Å². The van der Waals surface area contributed by atoms with Gasteiger partial charge in [-0.05, 0) is 49.4 Å². The molecule has 2 aromatic rings. The van der Waals surface area contributed by atoms with Gasteiger partial charge in [0.05, 0.1) is 24.5 Å². The van der Waals surface area contributed by atoms with E-state index in [4.69, 9.17) is 4.42 Å². The Kier molecular flexibility index (Phi) is 3.55. The number of benzene rings is 1. The summed E-state index contributed by atoms with van der Waals surface area (Å²) in [4.78, 5) is 2.50. The standard InChI is InChI=1S/C19H23NO2/c1-13-6-4-9-16(18-10-5-11-22-18)20(13)19-15-8-3-2-7-14(15)12-17(19)21/h2-3,5,7-8,10-11,13,16-17,19,21H,4,6,9,12H2,1H3/t13-,16-,17+,19-/m1/s1. The third-order valence-corrected chi connectivity index (χ3v) is 5.33. The highest BCUT2D eigenvalue weighted by molar-refractivity contribution is 5.37. The molecule has 1 aromatic carbocycles. The molecule has 1 aromatic heterocycles. The lowest BCUT2D eigenvalue weighted by Gasteiger charge is -2.44. The van der Waals surface area contributed by atoms with Crippen molar-refractivity contribution in [1.29, 1.82) is 0 Å². The zero-order valence-electron chi connectivity index (χ0n) is 13.0. The highest BCUT2D eigenvalue weighted by Gasteiger charge is 2.43. The van der Waals surface area contributed by atoms with Gasteiger partial charge in [-0.25, -0.2) is 0 Å². The third-order valence-electron chi connectivity index (χ3n) is 5.33. The molecular formula is C19H23NO2. The quantitative estimate of drug-likeness (QED) is 0.914. The number of aliphatic hydroxyl groups is 1. The van der Waals surface area contributed by atoms with Crippen LogP contribution in [0.2, 0.25) is 0 Å². The van der Waals surface area contributed by atoms with Crippen LogP contribution in [-0.4, -0.2) is 22.2 Å². The van der Waals surface area contributed by atoms with Crippen LogP contribution < -0.4 is 0 Å². The molecule has 0 radical (unpaired) electrons. The first-order valence-corrected chi connectivity index (χ1v) is 8.32. The van der Waals surface area contributed by atoms with Crippen LogP contribution in [0.25, 0.3) is 0 Å². The van der Waals surface area contributed by atoms with Gasteiger partial charge in [-0.1, -0.05) is 24.3 Å². The maximum Gasteiger partial charge on any atom is 0.120 e. The lowest BCUT2D eigenvalue weighted by Crippen LogP contribution is -2.45. The van der Waals surface area contributed by atoms with Crippen LogP contribution in [0, 0.1) is 0 Å². The van der Waals surface area contributed by atoms with Gasteiger partial charge in [0.1, 0.15) is 5.76 Å². The minimum Gasteiger partial charge on any atom is -0.468 e. The number of rotatable bonds is 2. The van der Waals surface area contributed by atoms with E-state index in [-0.39, 0.29) is 18.2 Å². The molecule has 22 heavy (non-hydrogen) atoms. The second-order valence-corrected chi connectivity index (χ2v) is 6.67. The van der Waals surface area contributed by atoms with Crippen molar-refractivity contribution in [1.82, 2.24) is 4.90 Å². The highest BCUT2D eigenvalue weighted by Crippen LogP contribution is 2.45. The largest absolute Gasteiger partial charge is 0.468 e.